The van der Waals surface area contributed by atoms with Crippen molar-refractivity contribution < 1.29 is 13.2 Å². The Morgan fingerprint density at radius 2 is 1.81 bits per heavy atom. The molecule has 2 N–H and O–H groups in total. The van der Waals surface area contributed by atoms with Crippen molar-refractivity contribution in [1.82, 2.24) is 24.6 Å². The van der Waals surface area contributed by atoms with E-state index in [1.54, 1.807) is 36.6 Å². The number of benzene rings is 2. The molecule has 0 spiro atoms. The molecule has 1 amide bonds. The lowest BCUT2D eigenvalue weighted by molar-refractivity contribution is 0.0932. The summed E-state index contributed by atoms with van der Waals surface area (Å²) in [6.45, 7) is 3.42. The number of hydrogen-bond donors (Lipinski definition) is 2. The molecule has 4 aromatic rings. The van der Waals surface area contributed by atoms with Crippen LogP contribution < -0.4 is 15.6 Å². The van der Waals surface area contributed by atoms with Gasteiger partial charge in [0, 0.05) is 29.3 Å². The van der Waals surface area contributed by atoms with Gasteiger partial charge in [0.05, 0.1) is 29.9 Å². The zero-order chi connectivity index (χ0) is 26.6. The van der Waals surface area contributed by atoms with Crippen LogP contribution in [0.5, 0.6) is 0 Å². The van der Waals surface area contributed by atoms with E-state index < -0.39 is 22.0 Å². The summed E-state index contributed by atoms with van der Waals surface area (Å²) in [6, 6.07) is 15.7. The van der Waals surface area contributed by atoms with E-state index in [9.17, 15) is 18.0 Å². The van der Waals surface area contributed by atoms with E-state index in [1.807, 2.05) is 36.4 Å². The minimum atomic E-state index is -3.38. The molecule has 188 valence electrons. The van der Waals surface area contributed by atoms with Gasteiger partial charge in [-0.1, -0.05) is 42.2 Å². The van der Waals surface area contributed by atoms with Crippen molar-refractivity contribution in [3.63, 3.8) is 0 Å². The Bertz CT molecular complexity index is 1700. The van der Waals surface area contributed by atoms with Crippen LogP contribution in [0, 0.1) is 18.8 Å². The van der Waals surface area contributed by atoms with Crippen LogP contribution in [0.1, 0.15) is 40.4 Å². The van der Waals surface area contributed by atoms with Crippen molar-refractivity contribution in [2.45, 2.75) is 19.9 Å². The normalized spacial score (nSPS) is 12.0. The molecule has 0 aliphatic carbocycles. The third kappa shape index (κ3) is 5.91. The predicted octanol–water partition coefficient (Wildman–Crippen LogP) is 2.48. The molecular formula is C27H25N5O4S. The summed E-state index contributed by atoms with van der Waals surface area (Å²) in [4.78, 5) is 35.1. The summed E-state index contributed by atoms with van der Waals surface area (Å²) in [5.74, 6) is 5.28. The van der Waals surface area contributed by atoms with Gasteiger partial charge in [0.2, 0.25) is 10.0 Å². The molecule has 2 heterocycles. The van der Waals surface area contributed by atoms with Crippen LogP contribution in [0.4, 0.5) is 0 Å². The topological polar surface area (TPSA) is 123 Å². The van der Waals surface area contributed by atoms with Crippen LogP contribution in [-0.2, 0) is 10.0 Å². The fourth-order valence-corrected chi connectivity index (χ4v) is 4.26. The zero-order valence-electron chi connectivity index (χ0n) is 20.5. The SMILES string of the molecule is Cc1nccnc1C(=O)NC(C)c1cc2cccc(C#CCNS(C)(=O)=O)c2c(=O)n1-c1ccccc1. The summed E-state index contributed by atoms with van der Waals surface area (Å²) in [6.07, 6.45) is 4.03. The van der Waals surface area contributed by atoms with Gasteiger partial charge in [0.1, 0.15) is 5.69 Å². The predicted molar refractivity (Wildman–Crippen MR) is 142 cm³/mol. The van der Waals surface area contributed by atoms with Crippen LogP contribution in [0.3, 0.4) is 0 Å². The molecule has 0 fully saturated rings. The number of aryl methyl sites for hydroxylation is 1. The monoisotopic (exact) mass is 515 g/mol. The first-order valence-corrected chi connectivity index (χ1v) is 13.3. The molecule has 0 aliphatic rings. The fraction of sp³-hybridized carbons (Fsp3) is 0.185. The van der Waals surface area contributed by atoms with Crippen LogP contribution in [0.2, 0.25) is 0 Å². The summed E-state index contributed by atoms with van der Waals surface area (Å²) >= 11 is 0. The third-order valence-electron chi connectivity index (χ3n) is 5.62. The van der Waals surface area contributed by atoms with Gasteiger partial charge in [-0.05, 0) is 43.5 Å². The van der Waals surface area contributed by atoms with Crippen molar-refractivity contribution in [3.05, 3.63) is 100.0 Å². The Balaban J connectivity index is 1.83. The highest BCUT2D eigenvalue weighted by molar-refractivity contribution is 7.88. The quantitative estimate of drug-likeness (QED) is 0.381. The highest BCUT2D eigenvalue weighted by Gasteiger charge is 2.21. The Labute approximate surface area is 214 Å². The van der Waals surface area contributed by atoms with Crippen LogP contribution in [0.15, 0.2) is 71.8 Å². The van der Waals surface area contributed by atoms with Crippen molar-refractivity contribution in [2.75, 3.05) is 12.8 Å². The molecule has 0 saturated heterocycles. The van der Waals surface area contributed by atoms with Gasteiger partial charge < -0.3 is 5.32 Å². The molecule has 4 rings (SSSR count). The number of carbonyl (C=O) groups is 1. The van der Waals surface area contributed by atoms with Crippen LogP contribution in [-0.4, -0.2) is 41.7 Å². The van der Waals surface area contributed by atoms with E-state index in [2.05, 4.69) is 31.8 Å². The Kier molecular flexibility index (Phi) is 7.47. The van der Waals surface area contributed by atoms with E-state index in [-0.39, 0.29) is 17.8 Å². The standard InChI is InChI=1S/C27H25N5O4S/c1-18(31-26(33)25-19(2)28-15-16-29-25)23-17-21-10-7-9-20(11-8-14-30-37(3,35)36)24(21)27(34)32(23)22-12-5-4-6-13-22/h4-7,9-10,12-13,15-18,30H,14H2,1-3H3,(H,31,33). The number of amides is 1. The van der Waals surface area contributed by atoms with Crippen molar-refractivity contribution in [1.29, 1.82) is 0 Å². The number of pyridine rings is 1. The number of rotatable bonds is 6. The minimum absolute atomic E-state index is 0.0783. The van der Waals surface area contributed by atoms with Gasteiger partial charge in [-0.15, -0.1) is 0 Å². The maximum Gasteiger partial charge on any atom is 0.272 e. The Morgan fingerprint density at radius 1 is 1.08 bits per heavy atom. The first-order chi connectivity index (χ1) is 17.7. The van der Waals surface area contributed by atoms with Crippen LogP contribution in [0.25, 0.3) is 16.5 Å². The number of carbonyl (C=O) groups excluding carboxylic acids is 1. The minimum Gasteiger partial charge on any atom is -0.343 e. The summed E-state index contributed by atoms with van der Waals surface area (Å²) < 4.78 is 26.5. The van der Waals surface area contributed by atoms with E-state index >= 15 is 0 Å². The van der Waals surface area contributed by atoms with Gasteiger partial charge >= 0.3 is 0 Å². The lowest BCUT2D eigenvalue weighted by Crippen LogP contribution is -2.33. The number of para-hydroxylation sites is 1. The average molecular weight is 516 g/mol. The van der Waals surface area contributed by atoms with Gasteiger partial charge in [0.15, 0.2) is 0 Å². The van der Waals surface area contributed by atoms with Crippen molar-refractivity contribution in [3.8, 4) is 17.5 Å². The first kappa shape index (κ1) is 25.8. The summed E-state index contributed by atoms with van der Waals surface area (Å²) in [5, 5.41) is 3.97. The summed E-state index contributed by atoms with van der Waals surface area (Å²) in [7, 11) is -3.38. The molecular weight excluding hydrogens is 490 g/mol. The number of fused-ring (bicyclic) bond motifs is 1. The second-order valence-corrected chi connectivity index (χ2v) is 10.2. The number of aromatic nitrogens is 3. The lowest BCUT2D eigenvalue weighted by atomic mass is 10.0. The van der Waals surface area contributed by atoms with Crippen LogP contribution >= 0.6 is 0 Å². The van der Waals surface area contributed by atoms with E-state index in [0.29, 0.717) is 33.4 Å². The van der Waals surface area contributed by atoms with Crippen molar-refractivity contribution >= 4 is 26.7 Å². The van der Waals surface area contributed by atoms with Crippen molar-refractivity contribution in [2.24, 2.45) is 0 Å². The molecule has 1 atom stereocenters. The smallest absolute Gasteiger partial charge is 0.272 e. The molecule has 37 heavy (non-hydrogen) atoms. The number of hydrogen-bond acceptors (Lipinski definition) is 6. The van der Waals surface area contributed by atoms with E-state index in [1.165, 1.54) is 12.4 Å². The second kappa shape index (κ2) is 10.7. The van der Waals surface area contributed by atoms with Gasteiger partial charge in [-0.3, -0.25) is 19.1 Å². The van der Waals surface area contributed by atoms with E-state index in [0.717, 1.165) is 6.26 Å². The third-order valence-corrected chi connectivity index (χ3v) is 6.29. The van der Waals surface area contributed by atoms with Gasteiger partial charge in [-0.2, -0.15) is 0 Å². The van der Waals surface area contributed by atoms with Gasteiger partial charge in [-0.25, -0.2) is 18.1 Å². The fourth-order valence-electron chi connectivity index (χ4n) is 3.92. The molecule has 0 aliphatic heterocycles. The summed E-state index contributed by atoms with van der Waals surface area (Å²) in [5.41, 5.74) is 2.08. The molecule has 10 heteroatoms. The Morgan fingerprint density at radius 3 is 2.51 bits per heavy atom. The van der Waals surface area contributed by atoms with E-state index in [4.69, 9.17) is 0 Å². The maximum atomic E-state index is 13.9. The molecule has 0 radical (unpaired) electrons. The highest BCUT2D eigenvalue weighted by Crippen LogP contribution is 2.23. The lowest BCUT2D eigenvalue weighted by Gasteiger charge is -2.21. The molecule has 1 unspecified atom stereocenters. The number of sulfonamides is 1. The molecule has 2 aromatic carbocycles. The largest absolute Gasteiger partial charge is 0.343 e. The molecule has 0 saturated carbocycles. The molecule has 2 aromatic heterocycles. The number of nitrogens with zero attached hydrogens (tertiary/aromatic N) is 3. The zero-order valence-corrected chi connectivity index (χ0v) is 21.3. The van der Waals surface area contributed by atoms with Gasteiger partial charge in [0.25, 0.3) is 11.5 Å². The second-order valence-electron chi connectivity index (χ2n) is 8.40. The molecule has 9 nitrogen and oxygen atoms in total. The Hall–Kier alpha value is -4.33. The maximum absolute atomic E-state index is 13.9. The highest BCUT2D eigenvalue weighted by atomic mass is 32.2. The first-order valence-electron chi connectivity index (χ1n) is 11.4. The number of nitrogens with one attached hydrogen (secondary N) is 2. The molecule has 0 bridgehead atoms. The average Bonchev–Trinajstić information content (AvgIpc) is 2.86.